The van der Waals surface area contributed by atoms with Crippen LogP contribution in [0.1, 0.15) is 59.2 Å². The first kappa shape index (κ1) is 23.3. The lowest BCUT2D eigenvalue weighted by molar-refractivity contribution is -0.168. The largest absolute Gasteiger partial charge is 0.458 e. The van der Waals surface area contributed by atoms with E-state index < -0.39 is 27.2 Å². The van der Waals surface area contributed by atoms with Crippen LogP contribution < -0.4 is 11.3 Å². The number of ether oxygens (including phenoxy) is 1. The van der Waals surface area contributed by atoms with Crippen molar-refractivity contribution >= 4 is 27.0 Å². The second kappa shape index (κ2) is 7.44. The standard InChI is InChI=1S/C25H24FN3O6S/c1-4-25(35-36(3,32)33)15-7-19-22-13(9-29(19)23(30)14(15)10-34-24(25)31)20-17(27)6-5-12-11(2)16(26)8-18(28-22)21(12)20/h7-8,17H,4-6,9-10,27H2,1-3H3/t17-,25-/m1/s1. The van der Waals surface area contributed by atoms with Gasteiger partial charge in [-0.25, -0.2) is 18.4 Å². The number of nitrogens with zero attached hydrogens (tertiary/aromatic N) is 2. The van der Waals surface area contributed by atoms with Gasteiger partial charge in [0.2, 0.25) is 5.60 Å². The number of nitrogens with two attached hydrogens (primary N) is 1. The Morgan fingerprint density at radius 2 is 2.03 bits per heavy atom. The van der Waals surface area contributed by atoms with Crippen LogP contribution in [0.25, 0.3) is 22.3 Å². The first-order chi connectivity index (χ1) is 17.0. The maximum Gasteiger partial charge on any atom is 0.345 e. The SMILES string of the molecule is CC[C@]1(OS(C)(=O)=O)C(=O)OCc2c1cc1n(c2=O)Cc2c-1nc1cc(F)c(C)c3c1c2[C@H](N)CC3. The van der Waals surface area contributed by atoms with Gasteiger partial charge in [-0.1, -0.05) is 6.92 Å². The van der Waals surface area contributed by atoms with Crippen molar-refractivity contribution in [1.82, 2.24) is 9.55 Å². The molecule has 11 heteroatoms. The Balaban J connectivity index is 1.68. The third-order valence-corrected chi connectivity index (χ3v) is 8.27. The summed E-state index contributed by atoms with van der Waals surface area (Å²) in [5.74, 6) is -1.24. The zero-order valence-corrected chi connectivity index (χ0v) is 20.8. The minimum atomic E-state index is -4.09. The van der Waals surface area contributed by atoms with Crippen LogP contribution in [0.2, 0.25) is 0 Å². The van der Waals surface area contributed by atoms with Crippen molar-refractivity contribution in [3.8, 4) is 11.4 Å². The molecule has 9 nitrogen and oxygen atoms in total. The van der Waals surface area contributed by atoms with Crippen molar-refractivity contribution in [3.63, 3.8) is 0 Å². The molecule has 2 aliphatic heterocycles. The molecule has 2 N–H and O–H groups in total. The Hall–Kier alpha value is -3.15. The van der Waals surface area contributed by atoms with E-state index in [1.807, 2.05) is 0 Å². The van der Waals surface area contributed by atoms with Gasteiger partial charge in [-0.2, -0.15) is 8.42 Å². The summed E-state index contributed by atoms with van der Waals surface area (Å²) < 4.78 is 51.1. The molecule has 3 aliphatic rings. The van der Waals surface area contributed by atoms with E-state index in [1.165, 1.54) is 10.6 Å². The zero-order chi connectivity index (χ0) is 25.7. The smallest absolute Gasteiger partial charge is 0.345 e. The third kappa shape index (κ3) is 2.99. The molecule has 0 amide bonds. The summed E-state index contributed by atoms with van der Waals surface area (Å²) in [6.07, 6.45) is 2.04. The Kier molecular flexibility index (Phi) is 4.80. The second-order valence-corrected chi connectivity index (χ2v) is 11.3. The topological polar surface area (TPSA) is 131 Å². The lowest BCUT2D eigenvalue weighted by Crippen LogP contribution is -2.47. The van der Waals surface area contributed by atoms with E-state index in [9.17, 15) is 22.4 Å². The Bertz CT molecular complexity index is 1700. The number of carbonyl (C=O) groups is 1. The summed E-state index contributed by atoms with van der Waals surface area (Å²) in [6, 6.07) is 2.66. The molecule has 0 saturated carbocycles. The number of fused-ring (bicyclic) bond motifs is 5. The molecular weight excluding hydrogens is 489 g/mol. The van der Waals surface area contributed by atoms with Gasteiger partial charge in [0.25, 0.3) is 15.7 Å². The van der Waals surface area contributed by atoms with Crippen molar-refractivity contribution in [1.29, 1.82) is 0 Å². The van der Waals surface area contributed by atoms with E-state index in [1.54, 1.807) is 19.9 Å². The maximum absolute atomic E-state index is 14.8. The van der Waals surface area contributed by atoms with Crippen molar-refractivity contribution < 1.29 is 26.5 Å². The molecule has 36 heavy (non-hydrogen) atoms. The number of hydrogen-bond acceptors (Lipinski definition) is 8. The second-order valence-electron chi connectivity index (χ2n) is 9.71. The molecular formula is C25H24FN3O6S. The summed E-state index contributed by atoms with van der Waals surface area (Å²) in [6.45, 7) is 3.24. The summed E-state index contributed by atoms with van der Waals surface area (Å²) in [5.41, 5.74) is 8.83. The first-order valence-corrected chi connectivity index (χ1v) is 13.5. The fourth-order valence-electron chi connectivity index (χ4n) is 5.98. The van der Waals surface area contributed by atoms with Crippen LogP contribution in [0, 0.1) is 12.7 Å². The summed E-state index contributed by atoms with van der Waals surface area (Å²) in [4.78, 5) is 31.3. The van der Waals surface area contributed by atoms with Crippen LogP contribution in [0.3, 0.4) is 0 Å². The molecule has 0 spiro atoms. The van der Waals surface area contributed by atoms with E-state index in [0.29, 0.717) is 35.3 Å². The van der Waals surface area contributed by atoms with Crippen molar-refractivity contribution in [2.24, 2.45) is 5.73 Å². The molecule has 188 valence electrons. The van der Waals surface area contributed by atoms with Crippen LogP contribution >= 0.6 is 0 Å². The molecule has 0 saturated heterocycles. The van der Waals surface area contributed by atoms with Gasteiger partial charge in [0.05, 0.1) is 35.3 Å². The van der Waals surface area contributed by atoms with Gasteiger partial charge in [0, 0.05) is 28.6 Å². The van der Waals surface area contributed by atoms with Crippen LogP contribution in [0.15, 0.2) is 16.9 Å². The molecule has 1 aliphatic carbocycles. The van der Waals surface area contributed by atoms with Gasteiger partial charge in [-0.3, -0.25) is 4.79 Å². The van der Waals surface area contributed by atoms with Gasteiger partial charge in [-0.15, -0.1) is 0 Å². The number of esters is 1. The molecule has 1 aromatic carbocycles. The number of halogens is 1. The maximum atomic E-state index is 14.8. The highest BCUT2D eigenvalue weighted by molar-refractivity contribution is 7.86. The molecule has 0 radical (unpaired) electrons. The molecule has 0 fully saturated rings. The lowest BCUT2D eigenvalue weighted by Gasteiger charge is -2.34. The molecule has 4 heterocycles. The van der Waals surface area contributed by atoms with E-state index in [4.69, 9.17) is 19.6 Å². The molecule has 3 aromatic rings. The molecule has 2 aromatic heterocycles. The summed E-state index contributed by atoms with van der Waals surface area (Å²) >= 11 is 0. The fourth-order valence-corrected chi connectivity index (χ4v) is 6.77. The molecule has 2 atom stereocenters. The Morgan fingerprint density at radius 3 is 2.72 bits per heavy atom. The van der Waals surface area contributed by atoms with Crippen molar-refractivity contribution in [2.45, 2.75) is 57.9 Å². The number of aromatic nitrogens is 2. The fraction of sp³-hybridized carbons (Fsp3) is 0.400. The van der Waals surface area contributed by atoms with Crippen LogP contribution in [0.5, 0.6) is 0 Å². The number of benzene rings is 1. The zero-order valence-electron chi connectivity index (χ0n) is 20.0. The summed E-state index contributed by atoms with van der Waals surface area (Å²) in [7, 11) is -4.09. The third-order valence-electron chi connectivity index (χ3n) is 7.68. The van der Waals surface area contributed by atoms with Gasteiger partial charge in [0.15, 0.2) is 0 Å². The molecule has 6 rings (SSSR count). The average molecular weight is 514 g/mol. The quantitative estimate of drug-likeness (QED) is 0.327. The number of hydrogen-bond donors (Lipinski definition) is 1. The average Bonchev–Trinajstić information content (AvgIpc) is 3.18. The highest BCUT2D eigenvalue weighted by atomic mass is 32.2. The van der Waals surface area contributed by atoms with Crippen molar-refractivity contribution in [3.05, 3.63) is 61.7 Å². The first-order valence-electron chi connectivity index (χ1n) is 11.7. The van der Waals surface area contributed by atoms with Gasteiger partial charge in [0.1, 0.15) is 12.4 Å². The van der Waals surface area contributed by atoms with E-state index >= 15 is 0 Å². The lowest BCUT2D eigenvalue weighted by atomic mass is 9.82. The van der Waals surface area contributed by atoms with Crippen LogP contribution in [-0.4, -0.2) is 30.2 Å². The predicted octanol–water partition coefficient (Wildman–Crippen LogP) is 2.46. The number of pyridine rings is 2. The normalized spacial score (nSPS) is 22.2. The van der Waals surface area contributed by atoms with E-state index in [0.717, 1.165) is 28.3 Å². The van der Waals surface area contributed by atoms with Crippen molar-refractivity contribution in [2.75, 3.05) is 6.26 Å². The minimum Gasteiger partial charge on any atom is -0.458 e. The highest BCUT2D eigenvalue weighted by Crippen LogP contribution is 2.46. The van der Waals surface area contributed by atoms with Gasteiger partial charge in [-0.05, 0) is 48.9 Å². The molecule has 0 bridgehead atoms. The Morgan fingerprint density at radius 1 is 1.28 bits per heavy atom. The predicted molar refractivity (Wildman–Crippen MR) is 128 cm³/mol. The monoisotopic (exact) mass is 513 g/mol. The van der Waals surface area contributed by atoms with Crippen LogP contribution in [0.4, 0.5) is 4.39 Å². The summed E-state index contributed by atoms with van der Waals surface area (Å²) in [5, 5.41) is 0.832. The number of carbonyl (C=O) groups excluding carboxylic acids is 1. The number of cyclic esters (lactones) is 1. The van der Waals surface area contributed by atoms with Crippen LogP contribution in [-0.2, 0) is 49.0 Å². The van der Waals surface area contributed by atoms with E-state index in [-0.39, 0.29) is 42.6 Å². The van der Waals surface area contributed by atoms with E-state index in [2.05, 4.69) is 0 Å². The highest BCUT2D eigenvalue weighted by Gasteiger charge is 2.50. The van der Waals surface area contributed by atoms with Gasteiger partial charge >= 0.3 is 5.97 Å². The number of aryl methyl sites for hydroxylation is 1. The minimum absolute atomic E-state index is 0.0726. The number of rotatable bonds is 3. The Labute approximate surface area is 206 Å². The molecule has 0 unspecified atom stereocenters. The van der Waals surface area contributed by atoms with Gasteiger partial charge < -0.3 is 15.0 Å².